The smallest absolute Gasteiger partial charge is 0.267 e. The number of thioether (sulfide) groups is 1. The second-order valence-electron chi connectivity index (χ2n) is 4.52. The number of nitrogens with one attached hydrogen (secondary N) is 1. The van der Waals surface area contributed by atoms with Crippen LogP contribution < -0.4 is 5.32 Å². The average Bonchev–Trinajstić information content (AvgIpc) is 3.13. The third-order valence-corrected chi connectivity index (χ3v) is 5.86. The van der Waals surface area contributed by atoms with E-state index in [0.29, 0.717) is 20.1 Å². The van der Waals surface area contributed by atoms with E-state index in [4.69, 9.17) is 0 Å². The van der Waals surface area contributed by atoms with Gasteiger partial charge in [0.25, 0.3) is 5.91 Å². The Morgan fingerprint density at radius 2 is 2.05 bits per heavy atom. The number of thiophene rings is 1. The summed E-state index contributed by atoms with van der Waals surface area (Å²) in [5, 5.41) is 11.1. The highest BCUT2D eigenvalue weighted by Crippen LogP contribution is 2.26. The molecule has 2 amide bonds. The van der Waals surface area contributed by atoms with Crippen LogP contribution in [0.3, 0.4) is 0 Å². The first kappa shape index (κ1) is 16.9. The van der Waals surface area contributed by atoms with Crippen LogP contribution in [0.15, 0.2) is 16.5 Å². The molecular formula is C13H16N4O2S3. The molecule has 6 nitrogen and oxygen atoms in total. The molecule has 22 heavy (non-hydrogen) atoms. The highest BCUT2D eigenvalue weighted by molar-refractivity contribution is 8.01. The molecule has 0 aromatic carbocycles. The lowest BCUT2D eigenvalue weighted by Crippen LogP contribution is -2.23. The molecule has 0 aliphatic heterocycles. The molecule has 0 atom stereocenters. The quantitative estimate of drug-likeness (QED) is 0.636. The van der Waals surface area contributed by atoms with Gasteiger partial charge in [0.2, 0.25) is 11.0 Å². The number of hydrogen-bond acceptors (Lipinski definition) is 7. The molecule has 118 valence electrons. The minimum absolute atomic E-state index is 0.0106. The second-order valence-corrected chi connectivity index (χ2v) is 7.89. The number of amides is 2. The molecule has 0 fully saturated rings. The maximum atomic E-state index is 12.1. The van der Waals surface area contributed by atoms with E-state index in [1.165, 1.54) is 44.2 Å². The Morgan fingerprint density at radius 3 is 2.68 bits per heavy atom. The SMILES string of the molecule is CCc1ccc(C(=O)Nc2nnc(SCC(=O)N(C)C)s2)s1. The summed E-state index contributed by atoms with van der Waals surface area (Å²) in [5.41, 5.74) is 0. The van der Waals surface area contributed by atoms with Crippen LogP contribution in [0.25, 0.3) is 0 Å². The van der Waals surface area contributed by atoms with Gasteiger partial charge in [0.1, 0.15) is 0 Å². The van der Waals surface area contributed by atoms with Crippen molar-refractivity contribution in [2.75, 3.05) is 25.2 Å². The maximum Gasteiger partial charge on any atom is 0.267 e. The van der Waals surface area contributed by atoms with Gasteiger partial charge in [0, 0.05) is 19.0 Å². The molecule has 0 bridgehead atoms. The largest absolute Gasteiger partial charge is 0.348 e. The number of carbonyl (C=O) groups excluding carboxylic acids is 2. The standard InChI is InChI=1S/C13H16N4O2S3/c1-4-8-5-6-9(21-8)11(19)14-12-15-16-13(22-12)20-7-10(18)17(2)3/h5-6H,4,7H2,1-3H3,(H,14,15,19). The second kappa shape index (κ2) is 7.70. The summed E-state index contributed by atoms with van der Waals surface area (Å²) < 4.78 is 0.658. The fraction of sp³-hybridized carbons (Fsp3) is 0.385. The zero-order valence-electron chi connectivity index (χ0n) is 12.5. The minimum atomic E-state index is -0.179. The maximum absolute atomic E-state index is 12.1. The van der Waals surface area contributed by atoms with Crippen LogP contribution in [0.1, 0.15) is 21.5 Å². The molecule has 2 aromatic heterocycles. The Bertz CT molecular complexity index is 666. The van der Waals surface area contributed by atoms with Gasteiger partial charge < -0.3 is 4.90 Å². The zero-order valence-corrected chi connectivity index (χ0v) is 14.9. The Balaban J connectivity index is 1.91. The van der Waals surface area contributed by atoms with E-state index in [1.807, 2.05) is 12.1 Å². The van der Waals surface area contributed by atoms with Crippen molar-refractivity contribution in [3.8, 4) is 0 Å². The summed E-state index contributed by atoms with van der Waals surface area (Å²) >= 11 is 4.05. The van der Waals surface area contributed by atoms with E-state index in [1.54, 1.807) is 14.1 Å². The van der Waals surface area contributed by atoms with E-state index < -0.39 is 0 Å². The molecule has 2 rings (SSSR count). The van der Waals surface area contributed by atoms with Gasteiger partial charge in [-0.2, -0.15) is 0 Å². The van der Waals surface area contributed by atoms with Crippen molar-refractivity contribution in [2.24, 2.45) is 0 Å². The van der Waals surface area contributed by atoms with Crippen LogP contribution in [0.4, 0.5) is 5.13 Å². The average molecular weight is 356 g/mol. The van der Waals surface area contributed by atoms with Gasteiger partial charge in [-0.25, -0.2) is 0 Å². The van der Waals surface area contributed by atoms with Crippen LogP contribution in [-0.2, 0) is 11.2 Å². The third-order valence-electron chi connectivity index (χ3n) is 2.68. The number of carbonyl (C=O) groups is 2. The van der Waals surface area contributed by atoms with Crippen LogP contribution >= 0.6 is 34.4 Å². The molecule has 2 heterocycles. The fourth-order valence-electron chi connectivity index (χ4n) is 1.42. The third kappa shape index (κ3) is 4.52. The molecule has 9 heteroatoms. The highest BCUT2D eigenvalue weighted by atomic mass is 32.2. The normalized spacial score (nSPS) is 10.5. The van der Waals surface area contributed by atoms with Crippen molar-refractivity contribution in [3.63, 3.8) is 0 Å². The van der Waals surface area contributed by atoms with Gasteiger partial charge in [-0.15, -0.1) is 21.5 Å². The monoisotopic (exact) mass is 356 g/mol. The van der Waals surface area contributed by atoms with Crippen molar-refractivity contribution in [3.05, 3.63) is 21.9 Å². The van der Waals surface area contributed by atoms with E-state index in [9.17, 15) is 9.59 Å². The Kier molecular flexibility index (Phi) is 5.92. The molecule has 0 saturated carbocycles. The Morgan fingerprint density at radius 1 is 1.27 bits per heavy atom. The predicted octanol–water partition coefficient (Wildman–Crippen LogP) is 2.59. The summed E-state index contributed by atoms with van der Waals surface area (Å²) in [5.74, 6) is 0.138. The number of rotatable bonds is 6. The summed E-state index contributed by atoms with van der Waals surface area (Å²) in [6, 6.07) is 3.76. The van der Waals surface area contributed by atoms with Crippen molar-refractivity contribution < 1.29 is 9.59 Å². The summed E-state index contributed by atoms with van der Waals surface area (Å²) in [6.45, 7) is 2.05. The molecule has 0 unspecified atom stereocenters. The molecule has 2 aromatic rings. The van der Waals surface area contributed by atoms with Crippen LogP contribution in [0.2, 0.25) is 0 Å². The number of nitrogens with zero attached hydrogens (tertiary/aromatic N) is 3. The molecular weight excluding hydrogens is 340 g/mol. The zero-order chi connectivity index (χ0) is 16.1. The van der Waals surface area contributed by atoms with E-state index in [0.717, 1.165) is 6.42 Å². The van der Waals surface area contributed by atoms with E-state index >= 15 is 0 Å². The van der Waals surface area contributed by atoms with Crippen molar-refractivity contribution >= 4 is 51.4 Å². The number of aromatic nitrogens is 2. The predicted molar refractivity (Wildman–Crippen MR) is 91.0 cm³/mol. The van der Waals surface area contributed by atoms with Gasteiger partial charge >= 0.3 is 0 Å². The number of hydrogen-bond donors (Lipinski definition) is 1. The molecule has 0 aliphatic rings. The van der Waals surface area contributed by atoms with E-state index in [2.05, 4.69) is 22.4 Å². The molecule has 1 N–H and O–H groups in total. The van der Waals surface area contributed by atoms with Crippen molar-refractivity contribution in [2.45, 2.75) is 17.7 Å². The van der Waals surface area contributed by atoms with Crippen LogP contribution in [0, 0.1) is 0 Å². The lowest BCUT2D eigenvalue weighted by Gasteiger charge is -2.07. The Labute approximate surface area is 140 Å². The van der Waals surface area contributed by atoms with Gasteiger partial charge in [-0.05, 0) is 18.6 Å². The molecule has 0 spiro atoms. The molecule has 0 radical (unpaired) electrons. The first-order chi connectivity index (χ1) is 10.5. The molecule has 0 saturated heterocycles. The van der Waals surface area contributed by atoms with Crippen molar-refractivity contribution in [1.82, 2.24) is 15.1 Å². The summed E-state index contributed by atoms with van der Waals surface area (Å²) in [6.07, 6.45) is 0.914. The molecule has 0 aliphatic carbocycles. The Hall–Kier alpha value is -1.45. The summed E-state index contributed by atoms with van der Waals surface area (Å²) in [7, 11) is 3.42. The number of anilines is 1. The topological polar surface area (TPSA) is 75.2 Å². The van der Waals surface area contributed by atoms with Gasteiger partial charge in [-0.1, -0.05) is 30.0 Å². The lowest BCUT2D eigenvalue weighted by molar-refractivity contribution is -0.125. The first-order valence-electron chi connectivity index (χ1n) is 6.56. The van der Waals surface area contributed by atoms with Gasteiger partial charge in [0.15, 0.2) is 4.34 Å². The fourth-order valence-corrected chi connectivity index (χ4v) is 3.99. The van der Waals surface area contributed by atoms with Crippen LogP contribution in [-0.4, -0.2) is 46.8 Å². The van der Waals surface area contributed by atoms with Crippen molar-refractivity contribution in [1.29, 1.82) is 0 Å². The lowest BCUT2D eigenvalue weighted by atomic mass is 10.3. The van der Waals surface area contributed by atoms with Crippen LogP contribution in [0.5, 0.6) is 0 Å². The summed E-state index contributed by atoms with van der Waals surface area (Å²) in [4.78, 5) is 26.9. The van der Waals surface area contributed by atoms with E-state index in [-0.39, 0.29) is 11.8 Å². The van der Waals surface area contributed by atoms with Gasteiger partial charge in [0.05, 0.1) is 10.6 Å². The number of aryl methyl sites for hydroxylation is 1. The first-order valence-corrected chi connectivity index (χ1v) is 9.18. The highest BCUT2D eigenvalue weighted by Gasteiger charge is 2.13. The minimum Gasteiger partial charge on any atom is -0.348 e. The van der Waals surface area contributed by atoms with Gasteiger partial charge in [-0.3, -0.25) is 14.9 Å².